The number of aryl methyl sites for hydroxylation is 1. The molecule has 2 heterocycles. The average molecular weight is 297 g/mol. The number of H-pyrrole nitrogens is 1. The van der Waals surface area contributed by atoms with E-state index < -0.39 is 0 Å². The normalized spacial score (nSPS) is 16.4. The Balaban J connectivity index is 1.55. The third kappa shape index (κ3) is 2.61. The van der Waals surface area contributed by atoms with Crippen LogP contribution in [0.25, 0.3) is 10.9 Å². The summed E-state index contributed by atoms with van der Waals surface area (Å²) >= 11 is 1.82. The fourth-order valence-electron chi connectivity index (χ4n) is 2.93. The van der Waals surface area contributed by atoms with Gasteiger partial charge in [0.25, 0.3) is 0 Å². The molecular formula is C17H19N3S. The molecule has 1 saturated carbocycles. The van der Waals surface area contributed by atoms with Crippen LogP contribution in [0.4, 0.5) is 0 Å². The van der Waals surface area contributed by atoms with Gasteiger partial charge >= 0.3 is 0 Å². The lowest BCUT2D eigenvalue weighted by molar-refractivity contribution is 0.479. The number of rotatable bonds is 5. The lowest BCUT2D eigenvalue weighted by atomic mass is 10.1. The highest BCUT2D eigenvalue weighted by molar-refractivity contribution is 7.11. The predicted octanol–water partition coefficient (Wildman–Crippen LogP) is 4.17. The summed E-state index contributed by atoms with van der Waals surface area (Å²) in [7, 11) is 0. The van der Waals surface area contributed by atoms with Crippen molar-refractivity contribution in [2.45, 2.75) is 32.4 Å². The molecule has 1 aliphatic rings. The van der Waals surface area contributed by atoms with Crippen LogP contribution < -0.4 is 5.32 Å². The Kier molecular flexibility index (Phi) is 3.28. The van der Waals surface area contributed by atoms with E-state index in [0.717, 1.165) is 12.5 Å². The number of aromatic amines is 1. The van der Waals surface area contributed by atoms with Gasteiger partial charge in [-0.05, 0) is 43.4 Å². The monoisotopic (exact) mass is 297 g/mol. The molecule has 2 aromatic heterocycles. The molecule has 1 atom stereocenters. The minimum atomic E-state index is 0.415. The Hall–Kier alpha value is -1.65. The van der Waals surface area contributed by atoms with E-state index in [1.807, 2.05) is 23.7 Å². The molecule has 1 aliphatic carbocycles. The van der Waals surface area contributed by atoms with Crippen molar-refractivity contribution >= 4 is 22.2 Å². The van der Waals surface area contributed by atoms with Crippen molar-refractivity contribution in [1.82, 2.24) is 15.3 Å². The fraction of sp³-hybridized carbons (Fsp3) is 0.353. The summed E-state index contributed by atoms with van der Waals surface area (Å²) in [6.07, 6.45) is 6.65. The first-order valence-electron chi connectivity index (χ1n) is 7.52. The van der Waals surface area contributed by atoms with E-state index in [0.29, 0.717) is 6.04 Å². The minimum absolute atomic E-state index is 0.415. The number of aromatic nitrogens is 2. The van der Waals surface area contributed by atoms with Crippen LogP contribution in [0, 0.1) is 12.8 Å². The van der Waals surface area contributed by atoms with Crippen LogP contribution in [-0.2, 0) is 6.54 Å². The van der Waals surface area contributed by atoms with Crippen molar-refractivity contribution in [3.8, 4) is 0 Å². The van der Waals surface area contributed by atoms with Crippen LogP contribution in [0.1, 0.15) is 34.3 Å². The fourth-order valence-corrected chi connectivity index (χ4v) is 3.87. The summed E-state index contributed by atoms with van der Waals surface area (Å²) in [4.78, 5) is 9.17. The number of hydrogen-bond acceptors (Lipinski definition) is 3. The highest BCUT2D eigenvalue weighted by Gasteiger charge is 2.33. The van der Waals surface area contributed by atoms with Gasteiger partial charge in [0, 0.05) is 34.7 Å². The quantitative estimate of drug-likeness (QED) is 0.742. The zero-order valence-corrected chi connectivity index (χ0v) is 12.9. The van der Waals surface area contributed by atoms with Crippen molar-refractivity contribution in [1.29, 1.82) is 0 Å². The average Bonchev–Trinajstić information content (AvgIpc) is 3.04. The zero-order valence-electron chi connectivity index (χ0n) is 12.1. The molecule has 0 saturated heterocycles. The summed E-state index contributed by atoms with van der Waals surface area (Å²) < 4.78 is 0. The Morgan fingerprint density at radius 3 is 3.05 bits per heavy atom. The molecule has 0 unspecified atom stereocenters. The lowest BCUT2D eigenvalue weighted by Gasteiger charge is -2.16. The van der Waals surface area contributed by atoms with Crippen LogP contribution in [0.3, 0.4) is 0 Å². The molecule has 1 aromatic carbocycles. The summed E-state index contributed by atoms with van der Waals surface area (Å²) in [6, 6.07) is 9.03. The summed E-state index contributed by atoms with van der Waals surface area (Å²) in [5.41, 5.74) is 2.56. The first-order chi connectivity index (χ1) is 10.3. The van der Waals surface area contributed by atoms with Gasteiger partial charge in [0.05, 0.1) is 6.04 Å². The van der Waals surface area contributed by atoms with Crippen molar-refractivity contribution < 1.29 is 0 Å². The molecule has 0 bridgehead atoms. The first kappa shape index (κ1) is 13.0. The van der Waals surface area contributed by atoms with Gasteiger partial charge in [-0.3, -0.25) is 0 Å². The molecule has 0 spiro atoms. The van der Waals surface area contributed by atoms with Gasteiger partial charge in [-0.2, -0.15) is 0 Å². The second kappa shape index (κ2) is 5.28. The van der Waals surface area contributed by atoms with E-state index in [1.54, 1.807) is 0 Å². The molecule has 4 rings (SSSR count). The molecule has 21 heavy (non-hydrogen) atoms. The predicted molar refractivity (Wildman–Crippen MR) is 87.5 cm³/mol. The Labute approximate surface area is 128 Å². The lowest BCUT2D eigenvalue weighted by Crippen LogP contribution is -2.22. The van der Waals surface area contributed by atoms with Gasteiger partial charge in [0.1, 0.15) is 5.01 Å². The SMILES string of the molecule is Cc1cnc([C@H](NCc2cccc3[nH]ccc23)C2CC2)s1. The number of fused-ring (bicyclic) bond motifs is 1. The molecule has 2 N–H and O–H groups in total. The van der Waals surface area contributed by atoms with Crippen molar-refractivity contribution in [3.05, 3.63) is 52.1 Å². The largest absolute Gasteiger partial charge is 0.361 e. The van der Waals surface area contributed by atoms with Gasteiger partial charge < -0.3 is 10.3 Å². The molecule has 108 valence electrons. The summed E-state index contributed by atoms with van der Waals surface area (Å²) in [6.45, 7) is 3.03. The van der Waals surface area contributed by atoms with Crippen LogP contribution in [-0.4, -0.2) is 9.97 Å². The molecule has 0 amide bonds. The molecule has 0 radical (unpaired) electrons. The minimum Gasteiger partial charge on any atom is -0.361 e. The second-order valence-corrected chi connectivity index (χ2v) is 7.13. The Morgan fingerprint density at radius 2 is 2.29 bits per heavy atom. The van der Waals surface area contributed by atoms with Gasteiger partial charge in [-0.25, -0.2) is 4.98 Å². The number of thiazole rings is 1. The van der Waals surface area contributed by atoms with E-state index in [4.69, 9.17) is 0 Å². The summed E-state index contributed by atoms with van der Waals surface area (Å²) in [5.74, 6) is 0.765. The molecule has 3 nitrogen and oxygen atoms in total. The molecule has 0 aliphatic heterocycles. The third-order valence-corrected chi connectivity index (χ3v) is 5.19. The highest BCUT2D eigenvalue weighted by atomic mass is 32.1. The maximum absolute atomic E-state index is 4.59. The third-order valence-electron chi connectivity index (χ3n) is 4.20. The molecule has 3 aromatic rings. The Morgan fingerprint density at radius 1 is 1.38 bits per heavy atom. The van der Waals surface area contributed by atoms with E-state index in [1.165, 1.54) is 39.2 Å². The highest BCUT2D eigenvalue weighted by Crippen LogP contribution is 2.42. The maximum Gasteiger partial charge on any atom is 0.110 e. The smallest absolute Gasteiger partial charge is 0.110 e. The van der Waals surface area contributed by atoms with Crippen molar-refractivity contribution in [2.75, 3.05) is 0 Å². The van der Waals surface area contributed by atoms with Gasteiger partial charge in [0.2, 0.25) is 0 Å². The molecule has 1 fully saturated rings. The number of hydrogen-bond donors (Lipinski definition) is 2. The van der Waals surface area contributed by atoms with Gasteiger partial charge in [-0.1, -0.05) is 12.1 Å². The van der Waals surface area contributed by atoms with Crippen LogP contribution in [0.2, 0.25) is 0 Å². The Bertz CT molecular complexity index is 754. The molecule has 4 heteroatoms. The van der Waals surface area contributed by atoms with Crippen molar-refractivity contribution in [2.24, 2.45) is 5.92 Å². The van der Waals surface area contributed by atoms with E-state index in [2.05, 4.69) is 46.5 Å². The second-order valence-electron chi connectivity index (χ2n) is 5.86. The van der Waals surface area contributed by atoms with E-state index in [-0.39, 0.29) is 0 Å². The first-order valence-corrected chi connectivity index (χ1v) is 8.33. The van der Waals surface area contributed by atoms with Crippen LogP contribution >= 0.6 is 11.3 Å². The zero-order chi connectivity index (χ0) is 14.2. The number of benzene rings is 1. The van der Waals surface area contributed by atoms with E-state index in [9.17, 15) is 0 Å². The maximum atomic E-state index is 4.59. The van der Waals surface area contributed by atoms with Gasteiger partial charge in [-0.15, -0.1) is 11.3 Å². The number of nitrogens with one attached hydrogen (secondary N) is 2. The molecular weight excluding hydrogens is 278 g/mol. The van der Waals surface area contributed by atoms with Crippen LogP contribution in [0.15, 0.2) is 36.7 Å². The van der Waals surface area contributed by atoms with Gasteiger partial charge in [0.15, 0.2) is 0 Å². The summed E-state index contributed by atoms with van der Waals surface area (Å²) in [5, 5.41) is 6.30. The topological polar surface area (TPSA) is 40.7 Å². The van der Waals surface area contributed by atoms with Crippen LogP contribution in [0.5, 0.6) is 0 Å². The standard InChI is InChI=1S/C17H19N3S/c1-11-9-20-17(21-11)16(12-5-6-12)19-10-13-3-2-4-15-14(13)7-8-18-15/h2-4,7-9,12,16,18-19H,5-6,10H2,1H3/t16-/m1/s1. The number of nitrogens with zero attached hydrogens (tertiary/aromatic N) is 1. The van der Waals surface area contributed by atoms with E-state index >= 15 is 0 Å². The van der Waals surface area contributed by atoms with Crippen molar-refractivity contribution in [3.63, 3.8) is 0 Å².